The zero-order chi connectivity index (χ0) is 18.1. The van der Waals surface area contributed by atoms with Crippen LogP contribution in [0.1, 0.15) is 12.0 Å². The molecule has 6 nitrogen and oxygen atoms in total. The molecule has 1 N–H and O–H groups in total. The van der Waals surface area contributed by atoms with Crippen molar-refractivity contribution in [2.75, 3.05) is 25.0 Å². The Hall–Kier alpha value is -3.15. The molecule has 2 aromatic carbocycles. The fourth-order valence-electron chi connectivity index (χ4n) is 2.28. The number of non-ortho nitro benzene ring substituents is 1. The maximum Gasteiger partial charge on any atom is 0.269 e. The van der Waals surface area contributed by atoms with Gasteiger partial charge in [-0.1, -0.05) is 18.2 Å². The number of nitrogens with zero attached hydrogens (tertiary/aromatic N) is 2. The van der Waals surface area contributed by atoms with E-state index in [1.807, 2.05) is 37.4 Å². The summed E-state index contributed by atoms with van der Waals surface area (Å²) in [6.45, 7) is 1.43. The van der Waals surface area contributed by atoms with Gasteiger partial charge < -0.3 is 10.2 Å². The molecule has 0 heterocycles. The Morgan fingerprint density at radius 1 is 1.16 bits per heavy atom. The number of nitro benzene ring substituents is 1. The van der Waals surface area contributed by atoms with Gasteiger partial charge in [0.05, 0.1) is 4.92 Å². The van der Waals surface area contributed by atoms with E-state index in [0.29, 0.717) is 6.54 Å². The van der Waals surface area contributed by atoms with Gasteiger partial charge in [0.15, 0.2) is 0 Å². The molecule has 0 saturated carbocycles. The number of benzene rings is 2. The van der Waals surface area contributed by atoms with Crippen molar-refractivity contribution in [2.45, 2.75) is 6.42 Å². The van der Waals surface area contributed by atoms with Gasteiger partial charge in [-0.05, 0) is 42.3 Å². The van der Waals surface area contributed by atoms with Gasteiger partial charge in [0.1, 0.15) is 0 Å². The SMILES string of the molecule is CN(CCCNC(=O)/C=C/c1ccc([N+](=O)[O-])cc1)c1ccccc1. The van der Waals surface area contributed by atoms with Crippen LogP contribution >= 0.6 is 0 Å². The van der Waals surface area contributed by atoms with Crippen molar-refractivity contribution in [1.29, 1.82) is 0 Å². The van der Waals surface area contributed by atoms with Crippen LogP contribution in [0.15, 0.2) is 60.7 Å². The lowest BCUT2D eigenvalue weighted by Crippen LogP contribution is -2.26. The molecule has 6 heteroatoms. The first-order valence-electron chi connectivity index (χ1n) is 8.03. The molecule has 0 aliphatic carbocycles. The number of amides is 1. The number of para-hydroxylation sites is 1. The topological polar surface area (TPSA) is 75.5 Å². The molecule has 0 aliphatic heterocycles. The number of anilines is 1. The van der Waals surface area contributed by atoms with Crippen LogP contribution in [0.5, 0.6) is 0 Å². The molecule has 0 atom stereocenters. The van der Waals surface area contributed by atoms with Crippen LogP contribution in [-0.2, 0) is 4.79 Å². The fraction of sp³-hybridized carbons (Fsp3) is 0.211. The van der Waals surface area contributed by atoms with Gasteiger partial charge in [0, 0.05) is 44.0 Å². The van der Waals surface area contributed by atoms with Gasteiger partial charge in [-0.2, -0.15) is 0 Å². The first kappa shape index (κ1) is 18.2. The second-order valence-corrected chi connectivity index (χ2v) is 5.58. The van der Waals surface area contributed by atoms with Crippen molar-refractivity contribution in [3.05, 3.63) is 76.4 Å². The lowest BCUT2D eigenvalue weighted by molar-refractivity contribution is -0.384. The van der Waals surface area contributed by atoms with Crippen LogP contribution in [0, 0.1) is 10.1 Å². The molecule has 0 aromatic heterocycles. The number of nitrogens with one attached hydrogen (secondary N) is 1. The molecule has 0 radical (unpaired) electrons. The molecule has 2 rings (SSSR count). The van der Waals surface area contributed by atoms with Crippen molar-refractivity contribution in [1.82, 2.24) is 5.32 Å². The molecule has 1 amide bonds. The number of hydrogen-bond donors (Lipinski definition) is 1. The zero-order valence-corrected chi connectivity index (χ0v) is 14.1. The average molecular weight is 339 g/mol. The Balaban J connectivity index is 1.70. The number of rotatable bonds is 8. The van der Waals surface area contributed by atoms with E-state index in [-0.39, 0.29) is 11.6 Å². The van der Waals surface area contributed by atoms with Crippen LogP contribution in [0.2, 0.25) is 0 Å². The normalized spacial score (nSPS) is 10.6. The van der Waals surface area contributed by atoms with Gasteiger partial charge >= 0.3 is 0 Å². The third kappa shape index (κ3) is 6.10. The number of carbonyl (C=O) groups is 1. The maximum atomic E-state index is 11.8. The summed E-state index contributed by atoms with van der Waals surface area (Å²) in [5.74, 6) is -0.180. The van der Waals surface area contributed by atoms with Crippen molar-refractivity contribution >= 4 is 23.4 Å². The lowest BCUT2D eigenvalue weighted by atomic mass is 10.2. The Labute approximate surface area is 146 Å². The van der Waals surface area contributed by atoms with E-state index in [9.17, 15) is 14.9 Å². The van der Waals surface area contributed by atoms with Crippen LogP contribution in [-0.4, -0.2) is 31.0 Å². The first-order chi connectivity index (χ1) is 12.1. The third-order valence-electron chi connectivity index (χ3n) is 3.70. The minimum atomic E-state index is -0.452. The van der Waals surface area contributed by atoms with Crippen LogP contribution in [0.4, 0.5) is 11.4 Å². The van der Waals surface area contributed by atoms with E-state index in [0.717, 1.165) is 24.2 Å². The first-order valence-corrected chi connectivity index (χ1v) is 8.03. The summed E-state index contributed by atoms with van der Waals surface area (Å²) >= 11 is 0. The highest BCUT2D eigenvalue weighted by Gasteiger charge is 2.03. The van der Waals surface area contributed by atoms with Gasteiger partial charge in [-0.3, -0.25) is 14.9 Å². The predicted molar refractivity (Wildman–Crippen MR) is 99.5 cm³/mol. The van der Waals surface area contributed by atoms with E-state index < -0.39 is 4.92 Å². The van der Waals surface area contributed by atoms with Gasteiger partial charge in [-0.15, -0.1) is 0 Å². The smallest absolute Gasteiger partial charge is 0.269 e. The fourth-order valence-corrected chi connectivity index (χ4v) is 2.28. The lowest BCUT2D eigenvalue weighted by Gasteiger charge is -2.18. The monoisotopic (exact) mass is 339 g/mol. The van der Waals surface area contributed by atoms with Gasteiger partial charge in [-0.25, -0.2) is 0 Å². The van der Waals surface area contributed by atoms with E-state index in [1.165, 1.54) is 18.2 Å². The van der Waals surface area contributed by atoms with Crippen molar-refractivity contribution in [2.24, 2.45) is 0 Å². The standard InChI is InChI=1S/C19H21N3O3/c1-21(17-6-3-2-4-7-17)15-5-14-20-19(23)13-10-16-8-11-18(12-9-16)22(24)25/h2-4,6-13H,5,14-15H2,1H3,(H,20,23)/b13-10+. The Kier molecular flexibility index (Phi) is 6.71. The molecule has 130 valence electrons. The Morgan fingerprint density at radius 2 is 1.84 bits per heavy atom. The molecular weight excluding hydrogens is 318 g/mol. The van der Waals surface area contributed by atoms with Crippen molar-refractivity contribution in [3.8, 4) is 0 Å². The number of hydrogen-bond acceptors (Lipinski definition) is 4. The quantitative estimate of drug-likeness (QED) is 0.347. The minimum Gasteiger partial charge on any atom is -0.375 e. The number of nitro groups is 1. The van der Waals surface area contributed by atoms with E-state index >= 15 is 0 Å². The highest BCUT2D eigenvalue weighted by molar-refractivity contribution is 5.91. The Morgan fingerprint density at radius 3 is 2.48 bits per heavy atom. The largest absolute Gasteiger partial charge is 0.375 e. The molecule has 0 saturated heterocycles. The molecular formula is C19H21N3O3. The van der Waals surface area contributed by atoms with Gasteiger partial charge in [0.2, 0.25) is 5.91 Å². The molecule has 25 heavy (non-hydrogen) atoms. The summed E-state index contributed by atoms with van der Waals surface area (Å²) in [7, 11) is 2.02. The summed E-state index contributed by atoms with van der Waals surface area (Å²) < 4.78 is 0. The van der Waals surface area contributed by atoms with Gasteiger partial charge in [0.25, 0.3) is 5.69 Å². The summed E-state index contributed by atoms with van der Waals surface area (Å²) in [6, 6.07) is 16.1. The molecule has 0 spiro atoms. The maximum absolute atomic E-state index is 11.8. The average Bonchev–Trinajstić information content (AvgIpc) is 2.64. The van der Waals surface area contributed by atoms with Crippen molar-refractivity contribution < 1.29 is 9.72 Å². The highest BCUT2D eigenvalue weighted by atomic mass is 16.6. The van der Waals surface area contributed by atoms with Crippen LogP contribution in [0.3, 0.4) is 0 Å². The Bertz CT molecular complexity index is 727. The van der Waals surface area contributed by atoms with Crippen molar-refractivity contribution in [3.63, 3.8) is 0 Å². The zero-order valence-electron chi connectivity index (χ0n) is 14.1. The summed E-state index contributed by atoms with van der Waals surface area (Å²) in [5, 5.41) is 13.4. The molecule has 0 unspecified atom stereocenters. The molecule has 0 aliphatic rings. The van der Waals surface area contributed by atoms with Crippen LogP contribution < -0.4 is 10.2 Å². The van der Waals surface area contributed by atoms with E-state index in [2.05, 4.69) is 10.2 Å². The summed E-state index contributed by atoms with van der Waals surface area (Å²) in [4.78, 5) is 24.1. The second kappa shape index (κ2) is 9.22. The van der Waals surface area contributed by atoms with E-state index in [1.54, 1.807) is 18.2 Å². The van der Waals surface area contributed by atoms with Crippen LogP contribution in [0.25, 0.3) is 6.08 Å². The number of carbonyl (C=O) groups excluding carboxylic acids is 1. The van der Waals surface area contributed by atoms with E-state index in [4.69, 9.17) is 0 Å². The molecule has 0 bridgehead atoms. The molecule has 2 aromatic rings. The molecule has 0 fully saturated rings. The summed E-state index contributed by atoms with van der Waals surface area (Å²) in [6.07, 6.45) is 3.90. The second-order valence-electron chi connectivity index (χ2n) is 5.58. The summed E-state index contributed by atoms with van der Waals surface area (Å²) in [5.41, 5.74) is 1.92. The third-order valence-corrected chi connectivity index (χ3v) is 3.70. The minimum absolute atomic E-state index is 0.0316. The predicted octanol–water partition coefficient (Wildman–Crippen LogP) is 3.25. The highest BCUT2D eigenvalue weighted by Crippen LogP contribution is 2.13.